The normalized spacial score (nSPS) is 25.6. The standard InChI is InChI=1S/C20H38S2/c1-3-7-11-15-19(16-12-8-4-1)21-22-20-17-13-9-5-2-6-10-14-18-20/h19-20H,1-18H2. The molecule has 0 aromatic heterocycles. The van der Waals surface area contributed by atoms with E-state index in [9.17, 15) is 0 Å². The van der Waals surface area contributed by atoms with Crippen LogP contribution in [0.1, 0.15) is 116 Å². The molecule has 0 N–H and O–H groups in total. The lowest BCUT2D eigenvalue weighted by Gasteiger charge is -2.22. The highest BCUT2D eigenvalue weighted by Crippen LogP contribution is 2.40. The van der Waals surface area contributed by atoms with Crippen molar-refractivity contribution in [1.82, 2.24) is 0 Å². The van der Waals surface area contributed by atoms with E-state index in [1.165, 1.54) is 116 Å². The summed E-state index contributed by atoms with van der Waals surface area (Å²) in [6.07, 6.45) is 26.8. The van der Waals surface area contributed by atoms with Crippen molar-refractivity contribution < 1.29 is 0 Å². The summed E-state index contributed by atoms with van der Waals surface area (Å²) in [5, 5.41) is 1.91. The highest BCUT2D eigenvalue weighted by Gasteiger charge is 2.16. The Hall–Kier alpha value is 0.700. The topological polar surface area (TPSA) is 0 Å². The molecule has 0 aromatic carbocycles. The zero-order chi connectivity index (χ0) is 15.3. The predicted octanol–water partition coefficient (Wildman–Crippen LogP) is 8.15. The quantitative estimate of drug-likeness (QED) is 0.474. The van der Waals surface area contributed by atoms with Crippen LogP contribution in [0.2, 0.25) is 0 Å². The summed E-state index contributed by atoms with van der Waals surface area (Å²) in [6, 6.07) is 0. The van der Waals surface area contributed by atoms with Gasteiger partial charge >= 0.3 is 0 Å². The van der Waals surface area contributed by atoms with Crippen LogP contribution in [0, 0.1) is 0 Å². The Labute approximate surface area is 147 Å². The predicted molar refractivity (Wildman–Crippen MR) is 106 cm³/mol. The SMILES string of the molecule is C1CCCCC(SSC2CCCCCCCCC2)CCCC1. The summed E-state index contributed by atoms with van der Waals surface area (Å²) < 4.78 is 0. The summed E-state index contributed by atoms with van der Waals surface area (Å²) in [5.74, 6) is 0. The summed E-state index contributed by atoms with van der Waals surface area (Å²) in [6.45, 7) is 0. The second-order valence-electron chi connectivity index (χ2n) is 7.54. The van der Waals surface area contributed by atoms with Crippen molar-refractivity contribution in [2.45, 2.75) is 126 Å². The molecule has 0 nitrogen and oxygen atoms in total. The Morgan fingerprint density at radius 3 is 0.818 bits per heavy atom. The Morgan fingerprint density at radius 2 is 0.545 bits per heavy atom. The zero-order valence-corrected chi connectivity index (χ0v) is 16.3. The van der Waals surface area contributed by atoms with Crippen LogP contribution in [0.5, 0.6) is 0 Å². The zero-order valence-electron chi connectivity index (χ0n) is 14.7. The van der Waals surface area contributed by atoms with Crippen molar-refractivity contribution in [2.75, 3.05) is 0 Å². The smallest absolute Gasteiger partial charge is 0.0151 e. The van der Waals surface area contributed by atoms with Crippen molar-refractivity contribution in [3.05, 3.63) is 0 Å². The Morgan fingerprint density at radius 1 is 0.318 bits per heavy atom. The maximum Gasteiger partial charge on any atom is 0.0151 e. The van der Waals surface area contributed by atoms with E-state index in [0.717, 1.165) is 10.5 Å². The van der Waals surface area contributed by atoms with Crippen molar-refractivity contribution in [3.8, 4) is 0 Å². The minimum absolute atomic E-state index is 0.957. The molecule has 0 saturated heterocycles. The highest BCUT2D eigenvalue weighted by molar-refractivity contribution is 8.77. The maximum atomic E-state index is 2.29. The highest BCUT2D eigenvalue weighted by atomic mass is 33.1. The number of hydrogen-bond donors (Lipinski definition) is 0. The fourth-order valence-electron chi connectivity index (χ4n) is 3.89. The van der Waals surface area contributed by atoms with Gasteiger partial charge in [-0.05, 0) is 25.7 Å². The minimum Gasteiger partial charge on any atom is -0.0904 e. The summed E-state index contributed by atoms with van der Waals surface area (Å²) in [4.78, 5) is 0. The first-order chi connectivity index (χ1) is 10.9. The van der Waals surface area contributed by atoms with Crippen molar-refractivity contribution in [2.24, 2.45) is 0 Å². The summed E-state index contributed by atoms with van der Waals surface area (Å²) >= 11 is 0. The van der Waals surface area contributed by atoms with E-state index in [0.29, 0.717) is 0 Å². The molecular formula is C20H38S2. The summed E-state index contributed by atoms with van der Waals surface area (Å²) in [5.41, 5.74) is 0. The molecule has 2 saturated carbocycles. The molecule has 0 aromatic rings. The van der Waals surface area contributed by atoms with E-state index < -0.39 is 0 Å². The first-order valence-corrected chi connectivity index (χ1v) is 12.5. The van der Waals surface area contributed by atoms with Crippen LogP contribution in [0.25, 0.3) is 0 Å². The van der Waals surface area contributed by atoms with E-state index in [-0.39, 0.29) is 0 Å². The third-order valence-electron chi connectivity index (χ3n) is 5.43. The second-order valence-corrected chi connectivity index (χ2v) is 10.4. The van der Waals surface area contributed by atoms with Crippen LogP contribution in [0.3, 0.4) is 0 Å². The van der Waals surface area contributed by atoms with Gasteiger partial charge in [-0.15, -0.1) is 0 Å². The van der Waals surface area contributed by atoms with Crippen molar-refractivity contribution in [3.63, 3.8) is 0 Å². The van der Waals surface area contributed by atoms with Gasteiger partial charge < -0.3 is 0 Å². The van der Waals surface area contributed by atoms with Crippen molar-refractivity contribution >= 4 is 21.6 Å². The minimum atomic E-state index is 0.957. The van der Waals surface area contributed by atoms with Gasteiger partial charge in [-0.3, -0.25) is 0 Å². The first kappa shape index (κ1) is 19.0. The van der Waals surface area contributed by atoms with Gasteiger partial charge in [0.25, 0.3) is 0 Å². The maximum absolute atomic E-state index is 2.29. The summed E-state index contributed by atoms with van der Waals surface area (Å²) in [7, 11) is 4.57. The van der Waals surface area contributed by atoms with Crippen LogP contribution in [-0.4, -0.2) is 10.5 Å². The van der Waals surface area contributed by atoms with Gasteiger partial charge in [0, 0.05) is 10.5 Å². The Balaban J connectivity index is 1.67. The van der Waals surface area contributed by atoms with Crippen LogP contribution in [0.4, 0.5) is 0 Å². The largest absolute Gasteiger partial charge is 0.0904 e. The molecular weight excluding hydrogens is 304 g/mol. The average Bonchev–Trinajstić information content (AvgIpc) is 2.56. The van der Waals surface area contributed by atoms with Gasteiger partial charge in [0.2, 0.25) is 0 Å². The monoisotopic (exact) mass is 342 g/mol. The molecule has 0 spiro atoms. The molecule has 2 fully saturated rings. The molecule has 0 aliphatic heterocycles. The fourth-order valence-corrected chi connectivity index (χ4v) is 7.36. The molecule has 0 atom stereocenters. The van der Waals surface area contributed by atoms with Gasteiger partial charge in [-0.2, -0.15) is 0 Å². The van der Waals surface area contributed by atoms with E-state index in [1.807, 2.05) is 0 Å². The molecule has 0 bridgehead atoms. The van der Waals surface area contributed by atoms with Crippen LogP contribution < -0.4 is 0 Å². The molecule has 0 unspecified atom stereocenters. The molecule has 2 aliphatic rings. The van der Waals surface area contributed by atoms with E-state index in [4.69, 9.17) is 0 Å². The van der Waals surface area contributed by atoms with Gasteiger partial charge in [0.05, 0.1) is 0 Å². The first-order valence-electron chi connectivity index (χ1n) is 10.3. The van der Waals surface area contributed by atoms with Crippen LogP contribution >= 0.6 is 21.6 Å². The van der Waals surface area contributed by atoms with Gasteiger partial charge in [0.1, 0.15) is 0 Å². The van der Waals surface area contributed by atoms with E-state index in [1.54, 1.807) is 0 Å². The second kappa shape index (κ2) is 13.0. The molecule has 2 heteroatoms. The molecule has 2 aliphatic carbocycles. The van der Waals surface area contributed by atoms with E-state index >= 15 is 0 Å². The Bertz CT molecular complexity index is 208. The third-order valence-corrected chi connectivity index (χ3v) is 9.00. The molecule has 2 rings (SSSR count). The number of hydrogen-bond acceptors (Lipinski definition) is 2. The fraction of sp³-hybridized carbons (Fsp3) is 1.00. The molecule has 22 heavy (non-hydrogen) atoms. The van der Waals surface area contributed by atoms with Crippen molar-refractivity contribution in [1.29, 1.82) is 0 Å². The lowest BCUT2D eigenvalue weighted by Crippen LogP contribution is -2.07. The van der Waals surface area contributed by atoms with Crippen LogP contribution in [-0.2, 0) is 0 Å². The molecule has 130 valence electrons. The molecule has 0 amide bonds. The molecule has 0 heterocycles. The van der Waals surface area contributed by atoms with E-state index in [2.05, 4.69) is 21.6 Å². The third kappa shape index (κ3) is 9.11. The van der Waals surface area contributed by atoms with Gasteiger partial charge in [0.15, 0.2) is 0 Å². The van der Waals surface area contributed by atoms with Gasteiger partial charge in [-0.1, -0.05) is 111 Å². The number of rotatable bonds is 3. The Kier molecular flexibility index (Phi) is 11.3. The van der Waals surface area contributed by atoms with Crippen LogP contribution in [0.15, 0.2) is 0 Å². The lowest BCUT2D eigenvalue weighted by atomic mass is 10.0. The average molecular weight is 343 g/mol. The molecule has 0 radical (unpaired) electrons. The van der Waals surface area contributed by atoms with Gasteiger partial charge in [-0.25, -0.2) is 0 Å². The lowest BCUT2D eigenvalue weighted by molar-refractivity contribution is 0.510.